The molecule has 0 spiro atoms. The summed E-state index contributed by atoms with van der Waals surface area (Å²) in [5.74, 6) is -0.0336. The standard InChI is InChI=1S/C20H25NO2/c1-15(2)19(22)21-14-13-20(3,23)18-12-8-7-11-17(18)16-9-5-4-6-10-16/h4-12,15,23H,13-14H2,1-3H3,(H,21,22). The first-order valence-electron chi connectivity index (χ1n) is 8.07. The third-order valence-electron chi connectivity index (χ3n) is 4.03. The first kappa shape index (κ1) is 17.2. The highest BCUT2D eigenvalue weighted by Crippen LogP contribution is 2.33. The van der Waals surface area contributed by atoms with Gasteiger partial charge in [0.2, 0.25) is 5.91 Å². The van der Waals surface area contributed by atoms with E-state index in [1.807, 2.05) is 68.4 Å². The number of carbonyl (C=O) groups excluding carboxylic acids is 1. The quantitative estimate of drug-likeness (QED) is 0.854. The molecule has 2 aromatic carbocycles. The molecule has 0 saturated carbocycles. The normalized spacial score (nSPS) is 13.6. The molecule has 0 aliphatic rings. The highest BCUT2D eigenvalue weighted by molar-refractivity contribution is 5.77. The second kappa shape index (κ2) is 7.42. The second-order valence-corrected chi connectivity index (χ2v) is 6.38. The Hall–Kier alpha value is -2.13. The molecule has 0 aliphatic carbocycles. The molecule has 0 fully saturated rings. The average molecular weight is 311 g/mol. The number of aliphatic hydroxyl groups is 1. The molecule has 23 heavy (non-hydrogen) atoms. The number of amides is 1. The summed E-state index contributed by atoms with van der Waals surface area (Å²) in [5, 5.41) is 13.8. The Labute approximate surface area is 138 Å². The van der Waals surface area contributed by atoms with Gasteiger partial charge in [-0.2, -0.15) is 0 Å². The van der Waals surface area contributed by atoms with Crippen LogP contribution in [0.1, 0.15) is 32.8 Å². The molecule has 1 unspecified atom stereocenters. The van der Waals surface area contributed by atoms with Crippen LogP contribution in [0.25, 0.3) is 11.1 Å². The first-order valence-corrected chi connectivity index (χ1v) is 8.07. The van der Waals surface area contributed by atoms with Crippen LogP contribution in [0.2, 0.25) is 0 Å². The highest BCUT2D eigenvalue weighted by atomic mass is 16.3. The fourth-order valence-corrected chi connectivity index (χ4v) is 2.59. The van der Waals surface area contributed by atoms with E-state index in [0.717, 1.165) is 16.7 Å². The molecule has 0 aromatic heterocycles. The van der Waals surface area contributed by atoms with Gasteiger partial charge in [0.1, 0.15) is 0 Å². The molecule has 0 radical (unpaired) electrons. The predicted octanol–water partition coefficient (Wildman–Crippen LogP) is 3.72. The number of carbonyl (C=O) groups is 1. The Kier molecular flexibility index (Phi) is 5.56. The molecule has 3 nitrogen and oxygen atoms in total. The third kappa shape index (κ3) is 4.42. The molecule has 0 bridgehead atoms. The predicted molar refractivity (Wildman–Crippen MR) is 93.9 cm³/mol. The van der Waals surface area contributed by atoms with Crippen molar-refractivity contribution >= 4 is 5.91 Å². The van der Waals surface area contributed by atoms with Crippen LogP contribution in [-0.2, 0) is 10.4 Å². The van der Waals surface area contributed by atoms with Gasteiger partial charge in [-0.15, -0.1) is 0 Å². The van der Waals surface area contributed by atoms with Crippen LogP contribution >= 0.6 is 0 Å². The van der Waals surface area contributed by atoms with E-state index in [1.54, 1.807) is 6.92 Å². The van der Waals surface area contributed by atoms with Gasteiger partial charge in [0.15, 0.2) is 0 Å². The van der Waals surface area contributed by atoms with E-state index in [1.165, 1.54) is 0 Å². The minimum absolute atomic E-state index is 0.0112. The Balaban J connectivity index is 2.18. The molecule has 2 N–H and O–H groups in total. The number of hydrogen-bond acceptors (Lipinski definition) is 2. The Morgan fingerprint density at radius 2 is 1.70 bits per heavy atom. The topological polar surface area (TPSA) is 49.3 Å². The largest absolute Gasteiger partial charge is 0.385 e. The maximum absolute atomic E-state index is 11.7. The van der Waals surface area contributed by atoms with Gasteiger partial charge in [0.05, 0.1) is 5.60 Å². The zero-order valence-corrected chi connectivity index (χ0v) is 14.0. The van der Waals surface area contributed by atoms with E-state index >= 15 is 0 Å². The Morgan fingerprint density at radius 1 is 1.09 bits per heavy atom. The molecule has 122 valence electrons. The summed E-state index contributed by atoms with van der Waals surface area (Å²) < 4.78 is 0. The van der Waals surface area contributed by atoms with Crippen LogP contribution in [0.15, 0.2) is 54.6 Å². The lowest BCUT2D eigenvalue weighted by Gasteiger charge is -2.27. The van der Waals surface area contributed by atoms with Crippen LogP contribution in [0.3, 0.4) is 0 Å². The number of benzene rings is 2. The van der Waals surface area contributed by atoms with Crippen molar-refractivity contribution in [2.24, 2.45) is 5.92 Å². The first-order chi connectivity index (χ1) is 10.9. The van der Waals surface area contributed by atoms with Gasteiger partial charge in [-0.25, -0.2) is 0 Å². The zero-order valence-electron chi connectivity index (χ0n) is 14.0. The van der Waals surface area contributed by atoms with Gasteiger partial charge >= 0.3 is 0 Å². The van der Waals surface area contributed by atoms with Crippen molar-refractivity contribution in [3.8, 4) is 11.1 Å². The Morgan fingerprint density at radius 3 is 2.35 bits per heavy atom. The summed E-state index contributed by atoms with van der Waals surface area (Å²) in [5.41, 5.74) is 1.98. The van der Waals surface area contributed by atoms with Crippen LogP contribution < -0.4 is 5.32 Å². The van der Waals surface area contributed by atoms with Crippen molar-refractivity contribution < 1.29 is 9.90 Å². The highest BCUT2D eigenvalue weighted by Gasteiger charge is 2.26. The van der Waals surface area contributed by atoms with E-state index in [-0.39, 0.29) is 11.8 Å². The average Bonchev–Trinajstić information content (AvgIpc) is 2.55. The van der Waals surface area contributed by atoms with Crippen LogP contribution in [-0.4, -0.2) is 17.6 Å². The van der Waals surface area contributed by atoms with E-state index in [4.69, 9.17) is 0 Å². The summed E-state index contributed by atoms with van der Waals surface area (Å²) in [6.45, 7) is 5.97. The number of hydrogen-bond donors (Lipinski definition) is 2. The monoisotopic (exact) mass is 311 g/mol. The zero-order chi connectivity index (χ0) is 16.9. The lowest BCUT2D eigenvalue weighted by atomic mass is 9.86. The summed E-state index contributed by atoms with van der Waals surface area (Å²) >= 11 is 0. The molecular weight excluding hydrogens is 286 g/mol. The molecule has 1 amide bonds. The Bertz CT molecular complexity index is 648. The lowest BCUT2D eigenvalue weighted by molar-refractivity contribution is -0.124. The smallest absolute Gasteiger partial charge is 0.222 e. The molecule has 2 aromatic rings. The van der Waals surface area contributed by atoms with Crippen molar-refractivity contribution in [2.75, 3.05) is 6.54 Å². The maximum Gasteiger partial charge on any atom is 0.222 e. The van der Waals surface area contributed by atoms with Gasteiger partial charge in [0.25, 0.3) is 0 Å². The number of rotatable bonds is 6. The van der Waals surface area contributed by atoms with Gasteiger partial charge in [-0.05, 0) is 30.0 Å². The van der Waals surface area contributed by atoms with Gasteiger partial charge < -0.3 is 10.4 Å². The maximum atomic E-state index is 11.7. The van der Waals surface area contributed by atoms with Crippen LogP contribution in [0.4, 0.5) is 0 Å². The summed E-state index contributed by atoms with van der Waals surface area (Å²) in [6, 6.07) is 17.9. The molecule has 0 saturated heterocycles. The van der Waals surface area contributed by atoms with E-state index in [2.05, 4.69) is 5.32 Å². The van der Waals surface area contributed by atoms with Crippen LogP contribution in [0.5, 0.6) is 0 Å². The minimum Gasteiger partial charge on any atom is -0.385 e. The summed E-state index contributed by atoms with van der Waals surface area (Å²) in [7, 11) is 0. The van der Waals surface area contributed by atoms with Crippen molar-refractivity contribution in [1.29, 1.82) is 0 Å². The van der Waals surface area contributed by atoms with Gasteiger partial charge in [-0.1, -0.05) is 68.4 Å². The molecular formula is C20H25NO2. The fourth-order valence-electron chi connectivity index (χ4n) is 2.59. The summed E-state index contributed by atoms with van der Waals surface area (Å²) in [6.07, 6.45) is 0.468. The molecule has 0 heterocycles. The minimum atomic E-state index is -1.00. The van der Waals surface area contributed by atoms with Crippen molar-refractivity contribution in [1.82, 2.24) is 5.32 Å². The lowest BCUT2D eigenvalue weighted by Crippen LogP contribution is -2.33. The van der Waals surface area contributed by atoms with Crippen molar-refractivity contribution in [3.63, 3.8) is 0 Å². The van der Waals surface area contributed by atoms with Crippen molar-refractivity contribution in [3.05, 3.63) is 60.2 Å². The third-order valence-corrected chi connectivity index (χ3v) is 4.03. The van der Waals surface area contributed by atoms with Crippen molar-refractivity contribution in [2.45, 2.75) is 32.8 Å². The van der Waals surface area contributed by atoms with E-state index in [0.29, 0.717) is 13.0 Å². The fraction of sp³-hybridized carbons (Fsp3) is 0.350. The van der Waals surface area contributed by atoms with Crippen LogP contribution in [0, 0.1) is 5.92 Å². The van der Waals surface area contributed by atoms with Gasteiger partial charge in [0, 0.05) is 12.5 Å². The molecule has 1 atom stereocenters. The van der Waals surface area contributed by atoms with E-state index < -0.39 is 5.60 Å². The summed E-state index contributed by atoms with van der Waals surface area (Å²) in [4.78, 5) is 11.7. The number of nitrogens with one attached hydrogen (secondary N) is 1. The second-order valence-electron chi connectivity index (χ2n) is 6.38. The molecule has 0 aliphatic heterocycles. The van der Waals surface area contributed by atoms with E-state index in [9.17, 15) is 9.90 Å². The SMILES string of the molecule is CC(C)C(=O)NCCC(C)(O)c1ccccc1-c1ccccc1. The molecule has 3 heteroatoms. The molecule has 2 rings (SSSR count). The van der Waals surface area contributed by atoms with Gasteiger partial charge in [-0.3, -0.25) is 4.79 Å².